The van der Waals surface area contributed by atoms with Gasteiger partial charge in [0.25, 0.3) is 0 Å². The molecule has 1 N–H and O–H groups in total. The molecule has 0 unspecified atom stereocenters. The van der Waals surface area contributed by atoms with E-state index in [0.29, 0.717) is 6.42 Å². The van der Waals surface area contributed by atoms with E-state index in [1.807, 2.05) is 12.2 Å². The average Bonchev–Trinajstić information content (AvgIpc) is 2.41. The van der Waals surface area contributed by atoms with Crippen LogP contribution in [0.2, 0.25) is 0 Å². The molecular formula is C14H17N3. The quantitative estimate of drug-likeness (QED) is 0.858. The number of hydrogen-bond acceptors (Lipinski definition) is 3. The van der Waals surface area contributed by atoms with Crippen LogP contribution in [-0.2, 0) is 0 Å². The summed E-state index contributed by atoms with van der Waals surface area (Å²) >= 11 is 0. The minimum Gasteiger partial charge on any atom is -0.369 e. The van der Waals surface area contributed by atoms with Crippen molar-refractivity contribution in [1.82, 2.24) is 5.32 Å². The summed E-state index contributed by atoms with van der Waals surface area (Å²) in [4.78, 5) is 2.39. The molecule has 0 amide bonds. The maximum atomic E-state index is 8.44. The van der Waals surface area contributed by atoms with Gasteiger partial charge in [-0.25, -0.2) is 0 Å². The Bertz CT molecular complexity index is 408. The van der Waals surface area contributed by atoms with Gasteiger partial charge < -0.3 is 10.2 Å². The fourth-order valence-corrected chi connectivity index (χ4v) is 1.97. The molecule has 88 valence electrons. The second-order valence-corrected chi connectivity index (χ2v) is 4.09. The predicted molar refractivity (Wildman–Crippen MR) is 70.8 cm³/mol. The third-order valence-corrected chi connectivity index (χ3v) is 2.89. The summed E-state index contributed by atoms with van der Waals surface area (Å²) in [6.45, 7) is 4.26. The Morgan fingerprint density at radius 1 is 1.24 bits per heavy atom. The molecule has 3 nitrogen and oxygen atoms in total. The average molecular weight is 227 g/mol. The summed E-state index contributed by atoms with van der Waals surface area (Å²) in [7, 11) is 0. The number of allylic oxidation sites excluding steroid dienone is 1. The van der Waals surface area contributed by atoms with Gasteiger partial charge >= 0.3 is 0 Å². The van der Waals surface area contributed by atoms with Gasteiger partial charge in [0.05, 0.1) is 12.5 Å². The number of hydrogen-bond donors (Lipinski definition) is 1. The molecule has 1 fully saturated rings. The van der Waals surface area contributed by atoms with Gasteiger partial charge in [-0.1, -0.05) is 24.3 Å². The Morgan fingerprint density at radius 3 is 2.59 bits per heavy atom. The summed E-state index contributed by atoms with van der Waals surface area (Å²) in [6.07, 6.45) is 4.35. The summed E-state index contributed by atoms with van der Waals surface area (Å²) in [5.74, 6) is 0. The van der Waals surface area contributed by atoms with Crippen molar-refractivity contribution in [2.75, 3.05) is 31.1 Å². The molecule has 0 bridgehead atoms. The Morgan fingerprint density at radius 2 is 1.94 bits per heavy atom. The lowest BCUT2D eigenvalue weighted by Gasteiger charge is -2.29. The largest absolute Gasteiger partial charge is 0.369 e. The zero-order chi connectivity index (χ0) is 11.9. The highest BCUT2D eigenvalue weighted by atomic mass is 15.2. The summed E-state index contributed by atoms with van der Waals surface area (Å²) in [6, 6.07) is 10.6. The van der Waals surface area contributed by atoms with E-state index < -0.39 is 0 Å². The van der Waals surface area contributed by atoms with E-state index in [-0.39, 0.29) is 0 Å². The summed E-state index contributed by atoms with van der Waals surface area (Å²) in [5.41, 5.74) is 2.43. The molecule has 1 aromatic rings. The van der Waals surface area contributed by atoms with Crippen molar-refractivity contribution < 1.29 is 0 Å². The lowest BCUT2D eigenvalue weighted by atomic mass is 10.1. The van der Waals surface area contributed by atoms with Crippen molar-refractivity contribution in [3.63, 3.8) is 0 Å². The van der Waals surface area contributed by atoms with Crippen LogP contribution in [-0.4, -0.2) is 26.2 Å². The highest BCUT2D eigenvalue weighted by Crippen LogP contribution is 2.16. The molecule has 0 radical (unpaired) electrons. The van der Waals surface area contributed by atoms with Gasteiger partial charge in [0, 0.05) is 31.9 Å². The maximum absolute atomic E-state index is 8.44. The fraction of sp³-hybridized carbons (Fsp3) is 0.357. The SMILES string of the molecule is N#CCC=Cc1ccc(N2CCNCC2)cc1. The van der Waals surface area contributed by atoms with E-state index >= 15 is 0 Å². The van der Waals surface area contributed by atoms with Gasteiger partial charge in [0.2, 0.25) is 0 Å². The van der Waals surface area contributed by atoms with E-state index in [0.717, 1.165) is 31.7 Å². The fourth-order valence-electron chi connectivity index (χ4n) is 1.97. The van der Waals surface area contributed by atoms with Crippen LogP contribution < -0.4 is 10.2 Å². The molecule has 1 saturated heterocycles. The molecule has 17 heavy (non-hydrogen) atoms. The van der Waals surface area contributed by atoms with Crippen LogP contribution in [0.1, 0.15) is 12.0 Å². The van der Waals surface area contributed by atoms with E-state index in [1.54, 1.807) is 0 Å². The first-order valence-corrected chi connectivity index (χ1v) is 5.99. The zero-order valence-electron chi connectivity index (χ0n) is 9.89. The Balaban J connectivity index is 1.99. The number of anilines is 1. The molecule has 0 spiro atoms. The minimum atomic E-state index is 0.472. The van der Waals surface area contributed by atoms with Crippen LogP contribution in [0.4, 0.5) is 5.69 Å². The number of nitriles is 1. The van der Waals surface area contributed by atoms with Gasteiger partial charge in [-0.05, 0) is 17.7 Å². The first-order chi connectivity index (χ1) is 8.40. The van der Waals surface area contributed by atoms with Crippen LogP contribution in [0.25, 0.3) is 6.08 Å². The molecule has 1 aliphatic heterocycles. The second kappa shape index (κ2) is 6.07. The van der Waals surface area contributed by atoms with Crippen molar-refractivity contribution in [3.05, 3.63) is 35.9 Å². The van der Waals surface area contributed by atoms with Crippen LogP contribution in [0.5, 0.6) is 0 Å². The Kier molecular flexibility index (Phi) is 4.17. The topological polar surface area (TPSA) is 39.1 Å². The molecule has 0 aromatic heterocycles. The smallest absolute Gasteiger partial charge is 0.0663 e. The monoisotopic (exact) mass is 227 g/mol. The van der Waals surface area contributed by atoms with E-state index in [4.69, 9.17) is 5.26 Å². The van der Waals surface area contributed by atoms with E-state index in [9.17, 15) is 0 Å². The summed E-state index contributed by atoms with van der Waals surface area (Å²) in [5, 5.41) is 11.8. The standard InChI is InChI=1S/C14H17N3/c15-8-2-1-3-13-4-6-14(7-5-13)17-11-9-16-10-12-17/h1,3-7,16H,2,9-12H2. The number of benzene rings is 1. The highest BCUT2D eigenvalue weighted by Gasteiger charge is 2.09. The number of rotatable bonds is 3. The first kappa shape index (κ1) is 11.7. The van der Waals surface area contributed by atoms with Crippen molar-refractivity contribution in [1.29, 1.82) is 5.26 Å². The van der Waals surface area contributed by atoms with Gasteiger partial charge in [-0.2, -0.15) is 5.26 Å². The highest BCUT2D eigenvalue weighted by molar-refractivity contribution is 5.56. The number of piperazine rings is 1. The zero-order valence-corrected chi connectivity index (χ0v) is 9.89. The van der Waals surface area contributed by atoms with Crippen LogP contribution in [0, 0.1) is 11.3 Å². The Hall–Kier alpha value is -1.79. The predicted octanol–water partition coefficient (Wildman–Crippen LogP) is 2.02. The van der Waals surface area contributed by atoms with Crippen LogP contribution in [0.3, 0.4) is 0 Å². The van der Waals surface area contributed by atoms with Gasteiger partial charge in [0.1, 0.15) is 0 Å². The molecule has 0 atom stereocenters. The Labute approximate surface area is 102 Å². The van der Waals surface area contributed by atoms with Crippen LogP contribution >= 0.6 is 0 Å². The second-order valence-electron chi connectivity index (χ2n) is 4.09. The molecule has 3 heteroatoms. The molecule has 1 aliphatic rings. The van der Waals surface area contributed by atoms with Crippen molar-refractivity contribution in [2.45, 2.75) is 6.42 Å². The van der Waals surface area contributed by atoms with Gasteiger partial charge in [-0.3, -0.25) is 0 Å². The number of nitrogens with one attached hydrogen (secondary N) is 1. The molecule has 0 saturated carbocycles. The molecule has 1 aromatic carbocycles. The van der Waals surface area contributed by atoms with Crippen molar-refractivity contribution in [2.24, 2.45) is 0 Å². The van der Waals surface area contributed by atoms with Crippen molar-refractivity contribution >= 4 is 11.8 Å². The third-order valence-electron chi connectivity index (χ3n) is 2.89. The lowest BCUT2D eigenvalue weighted by Crippen LogP contribution is -2.43. The molecular weight excluding hydrogens is 210 g/mol. The van der Waals surface area contributed by atoms with Crippen LogP contribution in [0.15, 0.2) is 30.3 Å². The summed E-state index contributed by atoms with van der Waals surface area (Å²) < 4.78 is 0. The van der Waals surface area contributed by atoms with Gasteiger partial charge in [-0.15, -0.1) is 0 Å². The molecule has 2 rings (SSSR count). The van der Waals surface area contributed by atoms with E-state index in [2.05, 4.69) is 40.6 Å². The normalized spacial score (nSPS) is 16.1. The van der Waals surface area contributed by atoms with Crippen molar-refractivity contribution in [3.8, 4) is 6.07 Å². The molecule has 0 aliphatic carbocycles. The minimum absolute atomic E-state index is 0.472. The van der Waals surface area contributed by atoms with Gasteiger partial charge in [0.15, 0.2) is 0 Å². The lowest BCUT2D eigenvalue weighted by molar-refractivity contribution is 0.589. The number of nitrogens with zero attached hydrogens (tertiary/aromatic N) is 2. The third kappa shape index (κ3) is 3.33. The first-order valence-electron chi connectivity index (χ1n) is 5.99. The molecule has 1 heterocycles. The maximum Gasteiger partial charge on any atom is 0.0663 e. The van der Waals surface area contributed by atoms with E-state index in [1.165, 1.54) is 5.69 Å².